The fourth-order valence-corrected chi connectivity index (χ4v) is 5.00. The van der Waals surface area contributed by atoms with Gasteiger partial charge in [0.25, 0.3) is 0 Å². The van der Waals surface area contributed by atoms with Gasteiger partial charge in [-0.3, -0.25) is 14.4 Å². The van der Waals surface area contributed by atoms with Crippen molar-refractivity contribution in [3.63, 3.8) is 0 Å². The number of carbonyl (C=O) groups excluding carboxylic acids is 4. The normalized spacial score (nSPS) is 14.9. The van der Waals surface area contributed by atoms with Gasteiger partial charge in [-0.2, -0.15) is 11.8 Å². The van der Waals surface area contributed by atoms with Crippen LogP contribution in [0.15, 0.2) is 18.2 Å². The Morgan fingerprint density at radius 3 is 2.26 bits per heavy atom. The van der Waals surface area contributed by atoms with Crippen molar-refractivity contribution < 1.29 is 28.7 Å². The third-order valence-corrected chi connectivity index (χ3v) is 6.99. The highest BCUT2D eigenvalue weighted by molar-refractivity contribution is 7.98. The SMILES string of the molecule is CCOC(=O)CCNC(=O)C(c1cc(C)cc(C)c1)N(C(=O)C(CCSC)NC(=O)OC(C)(C)C)C1CCC1. The smallest absolute Gasteiger partial charge is 0.408 e. The first-order valence-electron chi connectivity index (χ1n) is 13.7. The standard InChI is InChI=1S/C29H45N3O6S/c1-8-37-24(33)12-14-30-26(34)25(21-17-19(2)16-20(3)18-21)32(22-10-9-11-22)27(35)23(13-15-39-7)31-28(36)38-29(4,5)6/h16-18,22-23,25H,8-15H2,1-7H3,(H,30,34)(H,31,36). The number of thioether (sulfide) groups is 1. The zero-order valence-corrected chi connectivity index (χ0v) is 25.2. The van der Waals surface area contributed by atoms with Crippen LogP contribution < -0.4 is 10.6 Å². The molecule has 0 aromatic heterocycles. The van der Waals surface area contributed by atoms with Gasteiger partial charge in [0.2, 0.25) is 11.8 Å². The molecule has 0 spiro atoms. The molecule has 1 fully saturated rings. The largest absolute Gasteiger partial charge is 0.466 e. The second-order valence-corrected chi connectivity index (χ2v) is 12.0. The molecule has 218 valence electrons. The van der Waals surface area contributed by atoms with Gasteiger partial charge >= 0.3 is 12.1 Å². The first kappa shape index (κ1) is 32.5. The number of nitrogens with zero attached hydrogens (tertiary/aromatic N) is 1. The molecule has 1 saturated carbocycles. The predicted molar refractivity (Wildman–Crippen MR) is 154 cm³/mol. The summed E-state index contributed by atoms with van der Waals surface area (Å²) in [5.41, 5.74) is 1.93. The summed E-state index contributed by atoms with van der Waals surface area (Å²) in [6, 6.07) is 3.94. The van der Waals surface area contributed by atoms with E-state index < -0.39 is 29.7 Å². The molecule has 39 heavy (non-hydrogen) atoms. The Morgan fingerprint density at radius 2 is 1.74 bits per heavy atom. The van der Waals surface area contributed by atoms with E-state index in [1.807, 2.05) is 38.3 Å². The van der Waals surface area contributed by atoms with E-state index in [0.717, 1.165) is 30.4 Å². The maximum Gasteiger partial charge on any atom is 0.408 e. The first-order chi connectivity index (χ1) is 18.4. The van der Waals surface area contributed by atoms with Crippen molar-refractivity contribution in [3.8, 4) is 0 Å². The lowest BCUT2D eigenvalue weighted by molar-refractivity contribution is -0.148. The van der Waals surface area contributed by atoms with Gasteiger partial charge in [-0.15, -0.1) is 0 Å². The van der Waals surface area contributed by atoms with E-state index in [9.17, 15) is 19.2 Å². The van der Waals surface area contributed by atoms with Crippen LogP contribution in [0.5, 0.6) is 0 Å². The summed E-state index contributed by atoms with van der Waals surface area (Å²) < 4.78 is 10.4. The Kier molecular flexibility index (Phi) is 12.6. The van der Waals surface area contributed by atoms with Crippen molar-refractivity contribution >= 4 is 35.6 Å². The van der Waals surface area contributed by atoms with E-state index in [0.29, 0.717) is 17.7 Å². The van der Waals surface area contributed by atoms with Crippen molar-refractivity contribution in [2.75, 3.05) is 25.2 Å². The third-order valence-electron chi connectivity index (χ3n) is 6.34. The Balaban J connectivity index is 2.45. The molecule has 3 amide bonds. The highest BCUT2D eigenvalue weighted by Crippen LogP contribution is 2.34. The van der Waals surface area contributed by atoms with Gasteiger partial charge in [0, 0.05) is 12.6 Å². The van der Waals surface area contributed by atoms with Gasteiger partial charge < -0.3 is 25.0 Å². The molecule has 1 aromatic rings. The Labute approximate surface area is 237 Å². The lowest BCUT2D eigenvalue weighted by Crippen LogP contribution is -2.57. The predicted octanol–water partition coefficient (Wildman–Crippen LogP) is 4.44. The summed E-state index contributed by atoms with van der Waals surface area (Å²) in [6.07, 6.45) is 4.19. The van der Waals surface area contributed by atoms with Crippen LogP contribution >= 0.6 is 11.8 Å². The van der Waals surface area contributed by atoms with E-state index in [1.54, 1.807) is 44.4 Å². The minimum absolute atomic E-state index is 0.0348. The molecule has 2 N–H and O–H groups in total. The molecule has 0 saturated heterocycles. The number of hydrogen-bond acceptors (Lipinski definition) is 7. The molecule has 10 heteroatoms. The van der Waals surface area contributed by atoms with Crippen LogP contribution in [-0.2, 0) is 23.9 Å². The van der Waals surface area contributed by atoms with Crippen LogP contribution in [0.1, 0.15) is 82.5 Å². The summed E-state index contributed by atoms with van der Waals surface area (Å²) >= 11 is 1.57. The van der Waals surface area contributed by atoms with E-state index in [-0.39, 0.29) is 37.4 Å². The molecule has 2 unspecified atom stereocenters. The summed E-state index contributed by atoms with van der Waals surface area (Å²) in [6.45, 7) is 11.3. The van der Waals surface area contributed by atoms with Crippen molar-refractivity contribution in [3.05, 3.63) is 34.9 Å². The second kappa shape index (κ2) is 15.1. The number of carbonyl (C=O) groups is 4. The molecule has 2 rings (SSSR count). The van der Waals surface area contributed by atoms with Gasteiger partial charge in [0.05, 0.1) is 13.0 Å². The molecule has 1 aliphatic rings. The van der Waals surface area contributed by atoms with Crippen LogP contribution in [0.25, 0.3) is 0 Å². The topological polar surface area (TPSA) is 114 Å². The van der Waals surface area contributed by atoms with E-state index in [1.165, 1.54) is 0 Å². The molecule has 0 bridgehead atoms. The van der Waals surface area contributed by atoms with Gasteiger partial charge in [-0.1, -0.05) is 29.3 Å². The minimum Gasteiger partial charge on any atom is -0.466 e. The maximum absolute atomic E-state index is 14.2. The Morgan fingerprint density at radius 1 is 1.10 bits per heavy atom. The molecular formula is C29H45N3O6S. The number of hydrogen-bond donors (Lipinski definition) is 2. The lowest BCUT2D eigenvalue weighted by Gasteiger charge is -2.43. The molecule has 9 nitrogen and oxygen atoms in total. The summed E-state index contributed by atoms with van der Waals surface area (Å²) in [4.78, 5) is 54.2. The maximum atomic E-state index is 14.2. The number of esters is 1. The molecule has 1 aromatic carbocycles. The van der Waals surface area contributed by atoms with Crippen LogP contribution in [-0.4, -0.2) is 71.6 Å². The summed E-state index contributed by atoms with van der Waals surface area (Å²) in [5, 5.41) is 5.63. The zero-order valence-electron chi connectivity index (χ0n) is 24.4. The van der Waals surface area contributed by atoms with Gasteiger partial charge in [-0.05, 0) is 84.8 Å². The number of ether oxygens (including phenoxy) is 2. The summed E-state index contributed by atoms with van der Waals surface area (Å²) in [5.74, 6) is -0.439. The number of nitrogens with one attached hydrogen (secondary N) is 2. The van der Waals surface area contributed by atoms with Crippen LogP contribution in [0.3, 0.4) is 0 Å². The van der Waals surface area contributed by atoms with Gasteiger partial charge in [0.15, 0.2) is 0 Å². The summed E-state index contributed by atoms with van der Waals surface area (Å²) in [7, 11) is 0. The van der Waals surface area contributed by atoms with Gasteiger partial charge in [-0.25, -0.2) is 4.79 Å². The average molecular weight is 564 g/mol. The fourth-order valence-electron chi connectivity index (χ4n) is 4.53. The molecule has 0 aliphatic heterocycles. The van der Waals surface area contributed by atoms with Crippen LogP contribution in [0.2, 0.25) is 0 Å². The number of alkyl carbamates (subject to hydrolysis) is 1. The monoisotopic (exact) mass is 563 g/mol. The molecule has 0 radical (unpaired) electrons. The molecular weight excluding hydrogens is 518 g/mol. The Bertz CT molecular complexity index is 985. The third kappa shape index (κ3) is 10.4. The van der Waals surface area contributed by atoms with Crippen molar-refractivity contribution in [2.45, 2.75) is 97.4 Å². The molecule has 2 atom stereocenters. The second-order valence-electron chi connectivity index (χ2n) is 11.0. The van der Waals surface area contributed by atoms with E-state index in [2.05, 4.69) is 10.6 Å². The van der Waals surface area contributed by atoms with E-state index >= 15 is 0 Å². The Hall–Kier alpha value is -2.75. The van der Waals surface area contributed by atoms with Crippen molar-refractivity contribution in [1.29, 1.82) is 0 Å². The fraction of sp³-hybridized carbons (Fsp3) is 0.655. The number of amides is 3. The highest BCUT2D eigenvalue weighted by Gasteiger charge is 2.42. The highest BCUT2D eigenvalue weighted by atomic mass is 32.2. The number of benzene rings is 1. The van der Waals surface area contributed by atoms with Crippen LogP contribution in [0, 0.1) is 13.8 Å². The van der Waals surface area contributed by atoms with E-state index in [4.69, 9.17) is 9.47 Å². The van der Waals surface area contributed by atoms with Crippen molar-refractivity contribution in [1.82, 2.24) is 15.5 Å². The molecule has 0 heterocycles. The van der Waals surface area contributed by atoms with Crippen LogP contribution in [0.4, 0.5) is 4.79 Å². The number of rotatable bonds is 13. The molecule has 1 aliphatic carbocycles. The number of aryl methyl sites for hydroxylation is 2. The zero-order chi connectivity index (χ0) is 29.2. The average Bonchev–Trinajstić information content (AvgIpc) is 2.78. The van der Waals surface area contributed by atoms with Gasteiger partial charge in [0.1, 0.15) is 17.7 Å². The lowest BCUT2D eigenvalue weighted by atomic mass is 9.87. The minimum atomic E-state index is -0.916. The first-order valence-corrected chi connectivity index (χ1v) is 15.1. The van der Waals surface area contributed by atoms with Crippen molar-refractivity contribution in [2.24, 2.45) is 0 Å². The quantitative estimate of drug-likeness (QED) is 0.341.